The normalized spacial score (nSPS) is 12.0. The molecule has 0 amide bonds. The second-order valence-electron chi connectivity index (χ2n) is 6.00. The SMILES string of the molecule is O=S(=O)(CCc1nnc(CCS(=O)(=O)c2ccccc2)nn1)c1ccccc1. The highest BCUT2D eigenvalue weighted by Gasteiger charge is 2.17. The Morgan fingerprint density at radius 1 is 0.536 bits per heavy atom. The molecule has 0 unspecified atom stereocenters. The van der Waals surface area contributed by atoms with E-state index in [-0.39, 0.29) is 45.8 Å². The second kappa shape index (κ2) is 8.53. The quantitative estimate of drug-likeness (QED) is 0.537. The van der Waals surface area contributed by atoms with Crippen LogP contribution in [0.5, 0.6) is 0 Å². The molecule has 0 aliphatic heterocycles. The van der Waals surface area contributed by atoms with Crippen molar-refractivity contribution in [3.8, 4) is 0 Å². The van der Waals surface area contributed by atoms with Crippen molar-refractivity contribution in [1.82, 2.24) is 20.4 Å². The first-order valence-corrected chi connectivity index (χ1v) is 11.8. The van der Waals surface area contributed by atoms with E-state index < -0.39 is 19.7 Å². The summed E-state index contributed by atoms with van der Waals surface area (Å²) in [6, 6.07) is 16.2. The molecular weight excluding hydrogens is 400 g/mol. The Morgan fingerprint density at radius 2 is 0.857 bits per heavy atom. The fourth-order valence-corrected chi connectivity index (χ4v) is 4.93. The first kappa shape index (κ1) is 20.0. The standard InChI is InChI=1S/C18H18N4O4S2/c23-27(24,15-7-3-1-4-8-15)13-11-17-19-21-18(22-20-17)12-14-28(25,26)16-9-5-2-6-10-16/h1-10H,11-14H2. The summed E-state index contributed by atoms with van der Waals surface area (Å²) in [7, 11) is -6.89. The fourth-order valence-electron chi connectivity index (χ4n) is 2.41. The number of rotatable bonds is 8. The van der Waals surface area contributed by atoms with Gasteiger partial charge in [-0.25, -0.2) is 16.8 Å². The zero-order valence-corrected chi connectivity index (χ0v) is 16.5. The van der Waals surface area contributed by atoms with Crippen molar-refractivity contribution in [2.75, 3.05) is 11.5 Å². The lowest BCUT2D eigenvalue weighted by molar-refractivity contribution is 0.589. The Hall–Kier alpha value is -2.72. The van der Waals surface area contributed by atoms with Crippen molar-refractivity contribution in [3.63, 3.8) is 0 Å². The summed E-state index contributed by atoms with van der Waals surface area (Å²) < 4.78 is 49.0. The van der Waals surface area contributed by atoms with Crippen molar-refractivity contribution < 1.29 is 16.8 Å². The summed E-state index contributed by atoms with van der Waals surface area (Å²) in [6.07, 6.45) is 0.139. The minimum atomic E-state index is -3.44. The number of nitrogens with zero attached hydrogens (tertiary/aromatic N) is 4. The maximum atomic E-state index is 12.3. The maximum Gasteiger partial charge on any atom is 0.178 e. The van der Waals surface area contributed by atoms with Crippen LogP contribution in [0.2, 0.25) is 0 Å². The third-order valence-electron chi connectivity index (χ3n) is 3.96. The second-order valence-corrected chi connectivity index (χ2v) is 10.2. The van der Waals surface area contributed by atoms with Crippen LogP contribution in [0, 0.1) is 0 Å². The lowest BCUT2D eigenvalue weighted by Crippen LogP contribution is -2.15. The van der Waals surface area contributed by atoms with Gasteiger partial charge in [-0.1, -0.05) is 36.4 Å². The van der Waals surface area contributed by atoms with Crippen LogP contribution < -0.4 is 0 Å². The highest BCUT2D eigenvalue weighted by molar-refractivity contribution is 7.91. The van der Waals surface area contributed by atoms with E-state index in [0.29, 0.717) is 0 Å². The van der Waals surface area contributed by atoms with Gasteiger partial charge in [0.15, 0.2) is 31.3 Å². The van der Waals surface area contributed by atoms with Gasteiger partial charge >= 0.3 is 0 Å². The van der Waals surface area contributed by atoms with E-state index in [2.05, 4.69) is 20.4 Å². The molecule has 0 bridgehead atoms. The summed E-state index contributed by atoms with van der Waals surface area (Å²) >= 11 is 0. The predicted octanol–water partition coefficient (Wildman–Crippen LogP) is 1.30. The number of aromatic nitrogens is 4. The molecule has 28 heavy (non-hydrogen) atoms. The Labute approximate surface area is 163 Å². The van der Waals surface area contributed by atoms with Crippen LogP contribution in [0.4, 0.5) is 0 Å². The average Bonchev–Trinajstić information content (AvgIpc) is 2.73. The molecule has 0 fully saturated rings. The largest absolute Gasteiger partial charge is 0.224 e. The van der Waals surface area contributed by atoms with Crippen molar-refractivity contribution in [3.05, 3.63) is 72.3 Å². The van der Waals surface area contributed by atoms with Gasteiger partial charge in [-0.05, 0) is 24.3 Å². The highest BCUT2D eigenvalue weighted by atomic mass is 32.2. The van der Waals surface area contributed by atoms with Crippen LogP contribution in [0.1, 0.15) is 11.6 Å². The summed E-state index contributed by atoms with van der Waals surface area (Å²) in [5.41, 5.74) is 0. The zero-order valence-electron chi connectivity index (χ0n) is 14.8. The Morgan fingerprint density at radius 3 is 1.18 bits per heavy atom. The molecular formula is C18H18N4O4S2. The van der Waals surface area contributed by atoms with Crippen molar-refractivity contribution in [2.24, 2.45) is 0 Å². The minimum absolute atomic E-state index is 0.0693. The van der Waals surface area contributed by atoms with Crippen molar-refractivity contribution in [1.29, 1.82) is 0 Å². The molecule has 0 atom stereocenters. The molecule has 0 radical (unpaired) electrons. The van der Waals surface area contributed by atoms with Crippen LogP contribution in [0.25, 0.3) is 0 Å². The van der Waals surface area contributed by atoms with Crippen LogP contribution in [0.3, 0.4) is 0 Å². The topological polar surface area (TPSA) is 120 Å². The van der Waals surface area contributed by atoms with Gasteiger partial charge in [-0.15, -0.1) is 20.4 Å². The van der Waals surface area contributed by atoms with Gasteiger partial charge < -0.3 is 0 Å². The molecule has 10 heteroatoms. The van der Waals surface area contributed by atoms with Gasteiger partial charge in [-0.3, -0.25) is 0 Å². The highest BCUT2D eigenvalue weighted by Crippen LogP contribution is 2.12. The smallest absolute Gasteiger partial charge is 0.178 e. The molecule has 3 aromatic rings. The number of hydrogen-bond acceptors (Lipinski definition) is 8. The maximum absolute atomic E-state index is 12.3. The van der Waals surface area contributed by atoms with E-state index in [1.807, 2.05) is 0 Å². The van der Waals surface area contributed by atoms with E-state index in [9.17, 15) is 16.8 Å². The third-order valence-corrected chi connectivity index (χ3v) is 7.42. The van der Waals surface area contributed by atoms with Gasteiger partial charge in [0.1, 0.15) is 0 Å². The van der Waals surface area contributed by atoms with Gasteiger partial charge in [-0.2, -0.15) is 0 Å². The Kier molecular flexibility index (Phi) is 6.10. The Balaban J connectivity index is 1.58. The molecule has 0 saturated carbocycles. The molecule has 0 saturated heterocycles. The number of benzene rings is 2. The monoisotopic (exact) mass is 418 g/mol. The van der Waals surface area contributed by atoms with E-state index in [1.54, 1.807) is 36.4 Å². The van der Waals surface area contributed by atoms with Crippen LogP contribution in [-0.4, -0.2) is 48.7 Å². The Bertz CT molecular complexity index is 1030. The molecule has 3 rings (SSSR count). The summed E-state index contributed by atoms with van der Waals surface area (Å²) in [6.45, 7) is 0. The van der Waals surface area contributed by atoms with Crippen LogP contribution in [0.15, 0.2) is 70.5 Å². The van der Waals surface area contributed by atoms with E-state index in [1.165, 1.54) is 24.3 Å². The van der Waals surface area contributed by atoms with Crippen LogP contribution >= 0.6 is 0 Å². The van der Waals surface area contributed by atoms with Gasteiger partial charge in [0.2, 0.25) is 0 Å². The van der Waals surface area contributed by atoms with Crippen LogP contribution in [-0.2, 0) is 32.5 Å². The summed E-state index contributed by atoms with van der Waals surface area (Å²) in [5.74, 6) is 0.0489. The molecule has 8 nitrogen and oxygen atoms in total. The first-order chi connectivity index (χ1) is 13.4. The molecule has 1 heterocycles. The predicted molar refractivity (Wildman–Crippen MR) is 102 cm³/mol. The number of hydrogen-bond donors (Lipinski definition) is 0. The fraction of sp³-hybridized carbons (Fsp3) is 0.222. The molecule has 1 aromatic heterocycles. The summed E-state index contributed by atoms with van der Waals surface area (Å²) in [4.78, 5) is 0.470. The lowest BCUT2D eigenvalue weighted by Gasteiger charge is -2.04. The van der Waals surface area contributed by atoms with Gasteiger partial charge in [0.05, 0.1) is 21.3 Å². The van der Waals surface area contributed by atoms with E-state index in [0.717, 1.165) is 0 Å². The molecule has 0 N–H and O–H groups in total. The van der Waals surface area contributed by atoms with Gasteiger partial charge in [0.25, 0.3) is 0 Å². The zero-order chi connectivity index (χ0) is 20.0. The molecule has 2 aromatic carbocycles. The van der Waals surface area contributed by atoms with Gasteiger partial charge in [0, 0.05) is 12.8 Å². The van der Waals surface area contributed by atoms with Crippen molar-refractivity contribution >= 4 is 19.7 Å². The minimum Gasteiger partial charge on any atom is -0.224 e. The molecule has 0 spiro atoms. The lowest BCUT2D eigenvalue weighted by atomic mass is 10.4. The molecule has 0 aliphatic rings. The summed E-state index contributed by atoms with van der Waals surface area (Å²) in [5, 5.41) is 15.5. The van der Waals surface area contributed by atoms with Crippen molar-refractivity contribution in [2.45, 2.75) is 22.6 Å². The number of aryl methyl sites for hydroxylation is 2. The third kappa shape index (κ3) is 5.17. The van der Waals surface area contributed by atoms with E-state index >= 15 is 0 Å². The average molecular weight is 419 g/mol. The van der Waals surface area contributed by atoms with E-state index in [4.69, 9.17) is 0 Å². The first-order valence-electron chi connectivity index (χ1n) is 8.48. The number of sulfone groups is 2. The molecule has 146 valence electrons. The molecule has 0 aliphatic carbocycles.